The third-order valence-electron chi connectivity index (χ3n) is 6.16. The summed E-state index contributed by atoms with van der Waals surface area (Å²) >= 11 is 0. The first-order chi connectivity index (χ1) is 15.1. The molecule has 4 rings (SSSR count). The molecule has 5 heteroatoms. The normalized spacial score (nSPS) is 16.3. The maximum atomic E-state index is 13.0. The van der Waals surface area contributed by atoms with E-state index < -0.39 is 5.91 Å². The van der Waals surface area contributed by atoms with Gasteiger partial charge in [0.05, 0.1) is 0 Å². The number of nitrogens with zero attached hydrogens (tertiary/aromatic N) is 2. The second-order valence-corrected chi connectivity index (χ2v) is 8.71. The Morgan fingerprint density at radius 2 is 1.90 bits per heavy atom. The monoisotopic (exact) mass is 417 g/mol. The van der Waals surface area contributed by atoms with Crippen LogP contribution in [0.4, 0.5) is 0 Å². The summed E-state index contributed by atoms with van der Waals surface area (Å²) in [7, 11) is 0. The van der Waals surface area contributed by atoms with Gasteiger partial charge in [0.2, 0.25) is 11.8 Å². The molecule has 2 aliphatic rings. The third kappa shape index (κ3) is 6.05. The lowest BCUT2D eigenvalue weighted by atomic mass is 9.94. The molecule has 0 bridgehead atoms. The van der Waals surface area contributed by atoms with E-state index in [1.807, 2.05) is 36.4 Å². The Balaban J connectivity index is 1.45. The number of amides is 2. The van der Waals surface area contributed by atoms with Crippen LogP contribution in [0.5, 0.6) is 0 Å². The predicted octanol–water partition coefficient (Wildman–Crippen LogP) is 3.37. The minimum Gasteiger partial charge on any atom is -0.370 e. The summed E-state index contributed by atoms with van der Waals surface area (Å²) in [4.78, 5) is 28.5. The van der Waals surface area contributed by atoms with Crippen molar-refractivity contribution >= 4 is 17.9 Å². The lowest BCUT2D eigenvalue weighted by Crippen LogP contribution is -2.33. The zero-order chi connectivity index (χ0) is 21.6. The van der Waals surface area contributed by atoms with Crippen molar-refractivity contribution in [2.24, 2.45) is 11.7 Å². The highest BCUT2D eigenvalue weighted by Gasteiger charge is 2.26. The minimum absolute atomic E-state index is 0.103. The van der Waals surface area contributed by atoms with Crippen molar-refractivity contribution in [1.29, 1.82) is 0 Å². The van der Waals surface area contributed by atoms with Crippen molar-refractivity contribution in [2.75, 3.05) is 19.6 Å². The lowest BCUT2D eigenvalue weighted by molar-refractivity contribution is -0.127. The quantitative estimate of drug-likeness (QED) is 0.636. The molecule has 1 aliphatic carbocycles. The maximum Gasteiger partial charge on any atom is 0.246 e. The molecule has 1 fully saturated rings. The number of benzene rings is 2. The van der Waals surface area contributed by atoms with Crippen molar-refractivity contribution in [3.63, 3.8) is 0 Å². The molecule has 0 unspecified atom stereocenters. The molecule has 1 heterocycles. The molecule has 2 N–H and O–H groups in total. The fourth-order valence-electron chi connectivity index (χ4n) is 4.26. The van der Waals surface area contributed by atoms with Crippen molar-refractivity contribution in [3.8, 4) is 0 Å². The SMILES string of the molecule is NC(=O)CCN(Cc1ccccc1)C(=O)C=Cc1cccc2c1CCN(CC1CC1)C2. The predicted molar refractivity (Wildman–Crippen MR) is 123 cm³/mol. The van der Waals surface area contributed by atoms with Gasteiger partial charge in [-0.15, -0.1) is 0 Å². The highest BCUT2D eigenvalue weighted by molar-refractivity contribution is 5.92. The van der Waals surface area contributed by atoms with Gasteiger partial charge < -0.3 is 10.6 Å². The lowest BCUT2D eigenvalue weighted by Gasteiger charge is -2.29. The van der Waals surface area contributed by atoms with E-state index in [0.29, 0.717) is 13.1 Å². The Bertz CT molecular complexity index is 950. The van der Waals surface area contributed by atoms with Gasteiger partial charge >= 0.3 is 0 Å². The molecule has 2 aromatic rings. The molecule has 31 heavy (non-hydrogen) atoms. The number of nitrogens with two attached hydrogens (primary N) is 1. The van der Waals surface area contributed by atoms with Crippen molar-refractivity contribution in [1.82, 2.24) is 9.80 Å². The number of carbonyl (C=O) groups excluding carboxylic acids is 2. The van der Waals surface area contributed by atoms with E-state index in [0.717, 1.165) is 36.6 Å². The van der Waals surface area contributed by atoms with Crippen LogP contribution in [0.25, 0.3) is 6.08 Å². The molecule has 0 aromatic heterocycles. The number of hydrogen-bond donors (Lipinski definition) is 1. The van der Waals surface area contributed by atoms with E-state index in [9.17, 15) is 9.59 Å². The van der Waals surface area contributed by atoms with Crippen LogP contribution in [0.15, 0.2) is 54.6 Å². The maximum absolute atomic E-state index is 13.0. The molecule has 2 aromatic carbocycles. The average Bonchev–Trinajstić information content (AvgIpc) is 3.59. The van der Waals surface area contributed by atoms with E-state index in [1.54, 1.807) is 11.0 Å². The molecule has 0 spiro atoms. The molecule has 1 saturated carbocycles. The van der Waals surface area contributed by atoms with Crippen LogP contribution < -0.4 is 5.73 Å². The number of carbonyl (C=O) groups is 2. The van der Waals surface area contributed by atoms with Crippen molar-refractivity contribution in [2.45, 2.75) is 38.8 Å². The third-order valence-corrected chi connectivity index (χ3v) is 6.16. The summed E-state index contributed by atoms with van der Waals surface area (Å²) in [5.74, 6) is 0.398. The smallest absolute Gasteiger partial charge is 0.246 e. The summed E-state index contributed by atoms with van der Waals surface area (Å²) in [5, 5.41) is 0. The van der Waals surface area contributed by atoms with Gasteiger partial charge in [0.25, 0.3) is 0 Å². The highest BCUT2D eigenvalue weighted by Crippen LogP contribution is 2.32. The molecule has 1 aliphatic heterocycles. The summed E-state index contributed by atoms with van der Waals surface area (Å²) in [6.45, 7) is 4.07. The molecule has 2 amide bonds. The van der Waals surface area contributed by atoms with Crippen LogP contribution in [-0.4, -0.2) is 41.2 Å². The van der Waals surface area contributed by atoms with Crippen LogP contribution in [0.3, 0.4) is 0 Å². The summed E-state index contributed by atoms with van der Waals surface area (Å²) in [6.07, 6.45) is 7.50. The van der Waals surface area contributed by atoms with Crippen LogP contribution in [0, 0.1) is 5.92 Å². The molecular formula is C26H31N3O2. The van der Waals surface area contributed by atoms with Crippen LogP contribution >= 0.6 is 0 Å². The Kier molecular flexibility index (Phi) is 6.82. The molecule has 5 nitrogen and oxygen atoms in total. The highest BCUT2D eigenvalue weighted by atomic mass is 16.2. The number of hydrogen-bond acceptors (Lipinski definition) is 3. The number of rotatable bonds is 9. The van der Waals surface area contributed by atoms with Gasteiger partial charge in [-0.05, 0) is 53.5 Å². The van der Waals surface area contributed by atoms with E-state index in [1.165, 1.54) is 30.5 Å². The van der Waals surface area contributed by atoms with Gasteiger partial charge in [-0.3, -0.25) is 14.5 Å². The van der Waals surface area contributed by atoms with E-state index in [4.69, 9.17) is 5.73 Å². The molecular weight excluding hydrogens is 386 g/mol. The zero-order valence-corrected chi connectivity index (χ0v) is 18.0. The average molecular weight is 418 g/mol. The second kappa shape index (κ2) is 9.92. The van der Waals surface area contributed by atoms with Crippen LogP contribution in [0.1, 0.15) is 41.5 Å². The fourth-order valence-corrected chi connectivity index (χ4v) is 4.26. The summed E-state index contributed by atoms with van der Waals surface area (Å²) < 4.78 is 0. The Morgan fingerprint density at radius 3 is 2.65 bits per heavy atom. The molecule has 162 valence electrons. The fraction of sp³-hybridized carbons (Fsp3) is 0.385. The van der Waals surface area contributed by atoms with E-state index in [2.05, 4.69) is 23.1 Å². The van der Waals surface area contributed by atoms with Gasteiger partial charge in [0.1, 0.15) is 0 Å². The Labute approximate surface area is 184 Å². The topological polar surface area (TPSA) is 66.6 Å². The number of primary amides is 1. The van der Waals surface area contributed by atoms with Crippen LogP contribution in [-0.2, 0) is 29.1 Å². The van der Waals surface area contributed by atoms with Gasteiger partial charge in [-0.2, -0.15) is 0 Å². The molecule has 0 radical (unpaired) electrons. The first-order valence-corrected chi connectivity index (χ1v) is 11.2. The first-order valence-electron chi connectivity index (χ1n) is 11.2. The molecule has 0 atom stereocenters. The summed E-state index contributed by atoms with van der Waals surface area (Å²) in [5.41, 5.74) is 10.2. The Morgan fingerprint density at radius 1 is 1.10 bits per heavy atom. The standard InChI is InChI=1S/C26H31N3O2/c27-25(30)14-16-29(18-20-5-2-1-3-6-20)26(31)12-11-22-7-4-8-23-19-28(15-13-24(22)23)17-21-9-10-21/h1-8,11-12,21H,9-10,13-19H2,(H2,27,30). The Hall–Kier alpha value is -2.92. The largest absolute Gasteiger partial charge is 0.370 e. The van der Waals surface area contributed by atoms with Gasteiger partial charge in [-0.25, -0.2) is 0 Å². The van der Waals surface area contributed by atoms with Crippen molar-refractivity contribution < 1.29 is 9.59 Å². The van der Waals surface area contributed by atoms with Crippen molar-refractivity contribution in [3.05, 3.63) is 76.9 Å². The van der Waals surface area contributed by atoms with Gasteiger partial charge in [-0.1, -0.05) is 48.5 Å². The van der Waals surface area contributed by atoms with E-state index in [-0.39, 0.29) is 12.3 Å². The first kappa shape index (κ1) is 21.3. The van der Waals surface area contributed by atoms with Crippen LogP contribution in [0.2, 0.25) is 0 Å². The van der Waals surface area contributed by atoms with E-state index >= 15 is 0 Å². The minimum atomic E-state index is -0.400. The summed E-state index contributed by atoms with van der Waals surface area (Å²) in [6, 6.07) is 16.2. The number of fused-ring (bicyclic) bond motifs is 1. The zero-order valence-electron chi connectivity index (χ0n) is 18.0. The van der Waals surface area contributed by atoms with Gasteiger partial charge in [0, 0.05) is 45.2 Å². The second-order valence-electron chi connectivity index (χ2n) is 8.71. The molecule has 0 saturated heterocycles. The van der Waals surface area contributed by atoms with Gasteiger partial charge in [0.15, 0.2) is 0 Å².